The molecule has 0 unspecified atom stereocenters. The molecule has 0 spiro atoms. The third kappa shape index (κ3) is 2.95. The van der Waals surface area contributed by atoms with Gasteiger partial charge in [-0.3, -0.25) is 9.59 Å². The second kappa shape index (κ2) is 5.56. The van der Waals surface area contributed by atoms with Crippen molar-refractivity contribution in [2.45, 2.75) is 6.92 Å². The summed E-state index contributed by atoms with van der Waals surface area (Å²) < 4.78 is 0. The van der Waals surface area contributed by atoms with Crippen LogP contribution in [0.4, 0.5) is 5.69 Å². The van der Waals surface area contributed by atoms with Crippen LogP contribution in [0.15, 0.2) is 29.2 Å². The van der Waals surface area contributed by atoms with E-state index in [1.54, 1.807) is 6.92 Å². The zero-order chi connectivity index (χ0) is 14.9. The van der Waals surface area contributed by atoms with Crippen LogP contribution in [0, 0.1) is 6.92 Å². The molecule has 0 bridgehead atoms. The van der Waals surface area contributed by atoms with Crippen LogP contribution in [-0.2, 0) is 0 Å². The first-order valence-corrected chi connectivity index (χ1v) is 6.33. The highest BCUT2D eigenvalue weighted by atomic mass is 35.5. The summed E-state index contributed by atoms with van der Waals surface area (Å²) in [5, 5.41) is 12.4. The highest BCUT2D eigenvalue weighted by molar-refractivity contribution is 6.36. The van der Waals surface area contributed by atoms with Crippen molar-refractivity contribution in [3.63, 3.8) is 0 Å². The number of carbonyl (C=O) groups excluding carboxylic acids is 1. The van der Waals surface area contributed by atoms with Crippen molar-refractivity contribution < 1.29 is 9.90 Å². The highest BCUT2D eigenvalue weighted by Crippen LogP contribution is 2.35. The van der Waals surface area contributed by atoms with Crippen molar-refractivity contribution in [2.75, 3.05) is 5.32 Å². The third-order valence-electron chi connectivity index (χ3n) is 2.58. The Balaban J connectivity index is 2.35. The van der Waals surface area contributed by atoms with E-state index in [0.717, 1.165) is 0 Å². The monoisotopic (exact) mass is 312 g/mol. The number of H-pyrrole nitrogens is 1. The van der Waals surface area contributed by atoms with E-state index < -0.39 is 11.3 Å². The molecule has 1 heterocycles. The SMILES string of the molecule is Cc1cc(=O)c(C(=O)Nc2cc(Cl)cc(Cl)c2O)c[nH]1. The van der Waals surface area contributed by atoms with Crippen LogP contribution in [0.3, 0.4) is 0 Å². The van der Waals surface area contributed by atoms with E-state index in [9.17, 15) is 14.7 Å². The predicted octanol–water partition coefficient (Wildman–Crippen LogP) is 2.95. The molecule has 5 nitrogen and oxygen atoms in total. The summed E-state index contributed by atoms with van der Waals surface area (Å²) in [6.07, 6.45) is 1.30. The first-order chi connectivity index (χ1) is 9.38. The number of anilines is 1. The van der Waals surface area contributed by atoms with Crippen LogP contribution in [0.2, 0.25) is 10.0 Å². The number of aromatic amines is 1. The molecule has 1 amide bonds. The lowest BCUT2D eigenvalue weighted by molar-refractivity contribution is 0.102. The number of halogens is 2. The van der Waals surface area contributed by atoms with Gasteiger partial charge in [0.1, 0.15) is 5.56 Å². The smallest absolute Gasteiger partial charge is 0.261 e. The van der Waals surface area contributed by atoms with E-state index >= 15 is 0 Å². The minimum Gasteiger partial charge on any atom is -0.504 e. The number of rotatable bonds is 2. The fourth-order valence-electron chi connectivity index (χ4n) is 1.60. The van der Waals surface area contributed by atoms with E-state index in [2.05, 4.69) is 10.3 Å². The Morgan fingerprint density at radius 2 is 2.00 bits per heavy atom. The molecular weight excluding hydrogens is 303 g/mol. The lowest BCUT2D eigenvalue weighted by Crippen LogP contribution is -2.21. The lowest BCUT2D eigenvalue weighted by atomic mass is 10.2. The van der Waals surface area contributed by atoms with Gasteiger partial charge in [-0.1, -0.05) is 23.2 Å². The van der Waals surface area contributed by atoms with Crippen LogP contribution < -0.4 is 10.7 Å². The van der Waals surface area contributed by atoms with Gasteiger partial charge < -0.3 is 15.4 Å². The normalized spacial score (nSPS) is 10.3. The summed E-state index contributed by atoms with van der Waals surface area (Å²) >= 11 is 11.5. The Bertz CT molecular complexity index is 741. The number of benzene rings is 1. The molecule has 3 N–H and O–H groups in total. The van der Waals surface area contributed by atoms with Crippen LogP contribution in [-0.4, -0.2) is 16.0 Å². The number of aromatic hydroxyl groups is 1. The molecule has 104 valence electrons. The molecule has 7 heteroatoms. The standard InChI is InChI=1S/C13H10Cl2N2O3/c1-6-2-11(18)8(5-16-6)13(20)17-10-4-7(14)3-9(15)12(10)19/h2-5,19H,1H3,(H,16,18)(H,17,20). The van der Waals surface area contributed by atoms with Crippen molar-refractivity contribution in [3.05, 3.63) is 55.9 Å². The van der Waals surface area contributed by atoms with E-state index in [1.165, 1.54) is 24.4 Å². The number of hydrogen-bond acceptors (Lipinski definition) is 3. The molecule has 0 fully saturated rings. The lowest BCUT2D eigenvalue weighted by Gasteiger charge is -2.09. The molecule has 20 heavy (non-hydrogen) atoms. The van der Waals surface area contributed by atoms with E-state index in [4.69, 9.17) is 23.2 Å². The number of amides is 1. The highest BCUT2D eigenvalue weighted by Gasteiger charge is 2.14. The average Bonchev–Trinajstić information content (AvgIpc) is 2.35. The molecule has 0 radical (unpaired) electrons. The summed E-state index contributed by atoms with van der Waals surface area (Å²) in [5.41, 5.74) is 0.171. The summed E-state index contributed by atoms with van der Waals surface area (Å²) in [5.74, 6) is -0.979. The fraction of sp³-hybridized carbons (Fsp3) is 0.0769. The molecule has 1 aromatic carbocycles. The molecule has 2 rings (SSSR count). The van der Waals surface area contributed by atoms with Gasteiger partial charge in [0, 0.05) is 23.0 Å². The van der Waals surface area contributed by atoms with Gasteiger partial charge in [-0.15, -0.1) is 0 Å². The number of aromatic nitrogens is 1. The number of phenolic OH excluding ortho intramolecular Hbond substituents is 1. The largest absolute Gasteiger partial charge is 0.504 e. The molecular formula is C13H10Cl2N2O3. The zero-order valence-corrected chi connectivity index (χ0v) is 11.8. The average molecular weight is 313 g/mol. The molecule has 1 aromatic heterocycles. The maximum Gasteiger partial charge on any atom is 0.261 e. The summed E-state index contributed by atoms with van der Waals surface area (Å²) in [4.78, 5) is 26.5. The minimum atomic E-state index is -0.667. The molecule has 0 aliphatic rings. The van der Waals surface area contributed by atoms with Gasteiger partial charge in [-0.25, -0.2) is 0 Å². The van der Waals surface area contributed by atoms with Gasteiger partial charge in [0.2, 0.25) is 0 Å². The minimum absolute atomic E-state index is 0.00520. The van der Waals surface area contributed by atoms with E-state index in [-0.39, 0.29) is 27.0 Å². The van der Waals surface area contributed by atoms with Crippen molar-refractivity contribution in [1.29, 1.82) is 0 Å². The number of carbonyl (C=O) groups is 1. The van der Waals surface area contributed by atoms with Gasteiger partial charge in [0.15, 0.2) is 11.2 Å². The van der Waals surface area contributed by atoms with E-state index in [0.29, 0.717) is 5.69 Å². The van der Waals surface area contributed by atoms with Gasteiger partial charge in [0.25, 0.3) is 5.91 Å². The van der Waals surface area contributed by atoms with Gasteiger partial charge >= 0.3 is 0 Å². The van der Waals surface area contributed by atoms with Crippen LogP contribution in [0.5, 0.6) is 5.75 Å². The van der Waals surface area contributed by atoms with Gasteiger partial charge in [-0.2, -0.15) is 0 Å². The maximum atomic E-state index is 12.0. The summed E-state index contributed by atoms with van der Waals surface area (Å²) in [7, 11) is 0. The molecule has 0 saturated carbocycles. The first kappa shape index (κ1) is 14.4. The topological polar surface area (TPSA) is 82.2 Å². The quantitative estimate of drug-likeness (QED) is 0.746. The second-order valence-electron chi connectivity index (χ2n) is 4.13. The van der Waals surface area contributed by atoms with Gasteiger partial charge in [-0.05, 0) is 19.1 Å². The van der Waals surface area contributed by atoms with Crippen LogP contribution >= 0.6 is 23.2 Å². The zero-order valence-electron chi connectivity index (χ0n) is 10.3. The number of aryl methyl sites for hydroxylation is 1. The number of phenols is 1. The Hall–Kier alpha value is -1.98. The molecule has 0 atom stereocenters. The molecule has 0 saturated heterocycles. The molecule has 0 aliphatic carbocycles. The summed E-state index contributed by atoms with van der Waals surface area (Å²) in [6.45, 7) is 1.70. The van der Waals surface area contributed by atoms with Crippen LogP contribution in [0.1, 0.15) is 16.1 Å². The second-order valence-corrected chi connectivity index (χ2v) is 4.98. The van der Waals surface area contributed by atoms with Gasteiger partial charge in [0.05, 0.1) is 10.7 Å². The summed E-state index contributed by atoms with van der Waals surface area (Å²) in [6, 6.07) is 3.98. The Labute approximate surface area is 124 Å². The first-order valence-electron chi connectivity index (χ1n) is 5.57. The number of pyridine rings is 1. The van der Waals surface area contributed by atoms with Crippen molar-refractivity contribution in [3.8, 4) is 5.75 Å². The predicted molar refractivity (Wildman–Crippen MR) is 77.9 cm³/mol. The van der Waals surface area contributed by atoms with Crippen molar-refractivity contribution in [1.82, 2.24) is 4.98 Å². The maximum absolute atomic E-state index is 12.0. The molecule has 0 aliphatic heterocycles. The number of nitrogens with one attached hydrogen (secondary N) is 2. The Kier molecular flexibility index (Phi) is 4.01. The third-order valence-corrected chi connectivity index (χ3v) is 3.08. The van der Waals surface area contributed by atoms with Crippen LogP contribution in [0.25, 0.3) is 0 Å². The van der Waals surface area contributed by atoms with Crippen molar-refractivity contribution >= 4 is 34.8 Å². The Morgan fingerprint density at radius 1 is 1.30 bits per heavy atom. The number of hydrogen-bond donors (Lipinski definition) is 3. The van der Waals surface area contributed by atoms with Crippen molar-refractivity contribution in [2.24, 2.45) is 0 Å². The Morgan fingerprint density at radius 3 is 2.65 bits per heavy atom. The fourth-order valence-corrected chi connectivity index (χ4v) is 2.09. The van der Waals surface area contributed by atoms with E-state index in [1.807, 2.05) is 0 Å². The molecule has 2 aromatic rings.